The molecule has 22 heavy (non-hydrogen) atoms. The minimum Gasteiger partial charge on any atom is -0.324 e. The molecule has 1 aliphatic rings. The zero-order chi connectivity index (χ0) is 15.5. The normalized spacial score (nSPS) is 13.7. The first-order valence-electron chi connectivity index (χ1n) is 7.26. The predicted octanol–water partition coefficient (Wildman–Crippen LogP) is 3.07. The van der Waals surface area contributed by atoms with Gasteiger partial charge in [-0.2, -0.15) is 0 Å². The molecule has 0 saturated heterocycles. The van der Waals surface area contributed by atoms with Crippen LogP contribution in [-0.2, 0) is 4.79 Å². The third-order valence-corrected chi connectivity index (χ3v) is 3.62. The van der Waals surface area contributed by atoms with Crippen molar-refractivity contribution >= 4 is 23.1 Å². The van der Waals surface area contributed by atoms with Crippen LogP contribution < -0.4 is 5.32 Å². The minimum absolute atomic E-state index is 0.0748. The second-order valence-electron chi connectivity index (χ2n) is 5.12. The van der Waals surface area contributed by atoms with Gasteiger partial charge in [-0.05, 0) is 18.2 Å². The van der Waals surface area contributed by atoms with Crippen LogP contribution in [0, 0.1) is 0 Å². The number of anilines is 1. The van der Waals surface area contributed by atoms with Crippen LogP contribution in [0.4, 0.5) is 5.69 Å². The van der Waals surface area contributed by atoms with E-state index in [2.05, 4.69) is 10.3 Å². The van der Waals surface area contributed by atoms with Gasteiger partial charge in [-0.15, -0.1) is 0 Å². The summed E-state index contributed by atoms with van der Waals surface area (Å²) in [5, 5.41) is 2.84. The Balaban J connectivity index is 2.17. The van der Waals surface area contributed by atoms with Gasteiger partial charge in [-0.1, -0.05) is 37.3 Å². The molecule has 0 aromatic heterocycles. The van der Waals surface area contributed by atoms with Crippen LogP contribution >= 0.6 is 0 Å². The molecule has 2 aromatic rings. The summed E-state index contributed by atoms with van der Waals surface area (Å²) >= 11 is 0. The van der Waals surface area contributed by atoms with Crippen molar-refractivity contribution in [3.63, 3.8) is 0 Å². The Bertz CT molecular complexity index is 764. The first-order chi connectivity index (χ1) is 10.7. The fourth-order valence-corrected chi connectivity index (χ4v) is 2.50. The van der Waals surface area contributed by atoms with Gasteiger partial charge in [0.1, 0.15) is 6.54 Å². The Labute approximate surface area is 128 Å². The van der Waals surface area contributed by atoms with Crippen molar-refractivity contribution in [2.75, 3.05) is 11.9 Å². The highest BCUT2D eigenvalue weighted by Gasteiger charge is 2.19. The molecule has 1 aliphatic heterocycles. The second-order valence-corrected chi connectivity index (χ2v) is 5.12. The molecule has 0 radical (unpaired) electrons. The molecule has 4 heteroatoms. The van der Waals surface area contributed by atoms with Crippen LogP contribution in [0.25, 0.3) is 0 Å². The molecule has 0 fully saturated rings. The maximum absolute atomic E-state index is 12.0. The average molecular weight is 292 g/mol. The summed E-state index contributed by atoms with van der Waals surface area (Å²) in [5.41, 5.74) is 3.79. The number of Topliss-reactive ketones (excluding diaryl/α,β-unsaturated/α-hetero) is 1. The van der Waals surface area contributed by atoms with Gasteiger partial charge in [0.15, 0.2) is 5.78 Å². The van der Waals surface area contributed by atoms with Crippen LogP contribution in [0.2, 0.25) is 0 Å². The van der Waals surface area contributed by atoms with E-state index in [0.29, 0.717) is 17.7 Å². The molecule has 0 bridgehead atoms. The van der Waals surface area contributed by atoms with Gasteiger partial charge in [0.25, 0.3) is 0 Å². The molecular formula is C18H16N2O2. The number of ketones is 1. The Morgan fingerprint density at radius 2 is 1.95 bits per heavy atom. The molecule has 3 rings (SSSR count). The second kappa shape index (κ2) is 5.93. The summed E-state index contributed by atoms with van der Waals surface area (Å²) in [6.45, 7) is 1.91. The monoisotopic (exact) mass is 292 g/mol. The van der Waals surface area contributed by atoms with Gasteiger partial charge in [0.2, 0.25) is 5.91 Å². The molecule has 0 spiro atoms. The van der Waals surface area contributed by atoms with Gasteiger partial charge < -0.3 is 5.32 Å². The summed E-state index contributed by atoms with van der Waals surface area (Å²) in [5.74, 6) is -0.0764. The number of benzodiazepines with no additional fused rings is 1. The highest BCUT2D eigenvalue weighted by molar-refractivity contribution is 6.20. The number of hydrogen-bond acceptors (Lipinski definition) is 3. The Hall–Kier alpha value is -2.75. The van der Waals surface area contributed by atoms with Crippen molar-refractivity contribution in [1.82, 2.24) is 0 Å². The number of amides is 1. The molecule has 0 atom stereocenters. The van der Waals surface area contributed by atoms with Crippen molar-refractivity contribution < 1.29 is 9.59 Å². The van der Waals surface area contributed by atoms with Gasteiger partial charge in [0, 0.05) is 23.1 Å². The molecule has 4 nitrogen and oxygen atoms in total. The molecule has 0 unspecified atom stereocenters. The van der Waals surface area contributed by atoms with Crippen LogP contribution in [-0.4, -0.2) is 23.9 Å². The lowest BCUT2D eigenvalue weighted by Gasteiger charge is -2.11. The summed E-state index contributed by atoms with van der Waals surface area (Å²) < 4.78 is 0. The average Bonchev–Trinajstić information content (AvgIpc) is 2.72. The molecule has 2 aromatic carbocycles. The molecule has 1 heterocycles. The smallest absolute Gasteiger partial charge is 0.246 e. The number of nitrogens with one attached hydrogen (secondary N) is 1. The van der Waals surface area contributed by atoms with E-state index in [9.17, 15) is 9.59 Å². The number of carbonyl (C=O) groups is 2. The topological polar surface area (TPSA) is 58.5 Å². The fraction of sp³-hybridized carbons (Fsp3) is 0.167. The number of carbonyl (C=O) groups excluding carboxylic acids is 2. The van der Waals surface area contributed by atoms with Crippen molar-refractivity contribution in [2.24, 2.45) is 4.99 Å². The number of rotatable bonds is 3. The SMILES string of the molecule is CCC(=O)c1ccc2c(c1)C(c1ccccc1)=NCC(=O)N2. The van der Waals surface area contributed by atoms with E-state index in [4.69, 9.17) is 0 Å². The Kier molecular flexibility index (Phi) is 3.83. The number of nitrogens with zero attached hydrogens (tertiary/aromatic N) is 1. The van der Waals surface area contributed by atoms with Crippen LogP contribution in [0.15, 0.2) is 53.5 Å². The van der Waals surface area contributed by atoms with E-state index in [1.165, 1.54) is 0 Å². The van der Waals surface area contributed by atoms with E-state index in [1.807, 2.05) is 43.3 Å². The summed E-state index contributed by atoms with van der Waals surface area (Å²) in [6.07, 6.45) is 0.447. The Morgan fingerprint density at radius 1 is 1.18 bits per heavy atom. The van der Waals surface area contributed by atoms with Crippen LogP contribution in [0.5, 0.6) is 0 Å². The zero-order valence-corrected chi connectivity index (χ0v) is 12.3. The van der Waals surface area contributed by atoms with Crippen LogP contribution in [0.1, 0.15) is 34.8 Å². The molecule has 1 N–H and O–H groups in total. The first-order valence-corrected chi connectivity index (χ1v) is 7.26. The van der Waals surface area contributed by atoms with E-state index in [1.54, 1.807) is 12.1 Å². The lowest BCUT2D eigenvalue weighted by Crippen LogP contribution is -2.13. The quantitative estimate of drug-likeness (QED) is 0.884. The molecule has 1 amide bonds. The van der Waals surface area contributed by atoms with Crippen molar-refractivity contribution in [1.29, 1.82) is 0 Å². The predicted molar refractivity (Wildman–Crippen MR) is 86.6 cm³/mol. The van der Waals surface area contributed by atoms with Crippen LogP contribution in [0.3, 0.4) is 0 Å². The zero-order valence-electron chi connectivity index (χ0n) is 12.3. The molecule has 0 aliphatic carbocycles. The summed E-state index contributed by atoms with van der Waals surface area (Å²) in [7, 11) is 0. The molecular weight excluding hydrogens is 276 g/mol. The van der Waals surface area contributed by atoms with Crippen molar-refractivity contribution in [2.45, 2.75) is 13.3 Å². The third-order valence-electron chi connectivity index (χ3n) is 3.62. The fourth-order valence-electron chi connectivity index (χ4n) is 2.50. The highest BCUT2D eigenvalue weighted by atomic mass is 16.2. The number of benzene rings is 2. The van der Waals surface area contributed by atoms with Gasteiger partial charge in [0.05, 0.1) is 11.4 Å². The van der Waals surface area contributed by atoms with E-state index in [0.717, 1.165) is 16.8 Å². The largest absolute Gasteiger partial charge is 0.324 e. The lowest BCUT2D eigenvalue weighted by molar-refractivity contribution is -0.114. The molecule has 0 saturated carbocycles. The Morgan fingerprint density at radius 3 is 2.68 bits per heavy atom. The van der Waals surface area contributed by atoms with Crippen molar-refractivity contribution in [3.05, 3.63) is 65.2 Å². The highest BCUT2D eigenvalue weighted by Crippen LogP contribution is 2.24. The standard InChI is InChI=1S/C18H16N2O2/c1-2-16(21)13-8-9-15-14(10-13)18(19-11-17(22)20-15)12-6-4-3-5-7-12/h3-10H,2,11H2,1H3,(H,20,22). The first kappa shape index (κ1) is 14.2. The van der Waals surface area contributed by atoms with Gasteiger partial charge in [-0.25, -0.2) is 0 Å². The third kappa shape index (κ3) is 2.68. The summed E-state index contributed by atoms with van der Waals surface area (Å²) in [6, 6.07) is 15.0. The van der Waals surface area contributed by atoms with Gasteiger partial charge >= 0.3 is 0 Å². The summed E-state index contributed by atoms with van der Waals surface area (Å²) in [4.78, 5) is 28.2. The van der Waals surface area contributed by atoms with Gasteiger partial charge in [-0.3, -0.25) is 14.6 Å². The number of hydrogen-bond donors (Lipinski definition) is 1. The van der Waals surface area contributed by atoms with E-state index < -0.39 is 0 Å². The molecule has 110 valence electrons. The van der Waals surface area contributed by atoms with Crippen molar-refractivity contribution in [3.8, 4) is 0 Å². The number of aliphatic imine (C=N–C) groups is 1. The minimum atomic E-state index is -0.151. The lowest BCUT2D eigenvalue weighted by atomic mass is 9.97. The maximum Gasteiger partial charge on any atom is 0.246 e. The van der Waals surface area contributed by atoms with E-state index >= 15 is 0 Å². The number of fused-ring (bicyclic) bond motifs is 1. The van der Waals surface area contributed by atoms with E-state index in [-0.39, 0.29) is 18.2 Å². The maximum atomic E-state index is 12.0.